The number of hydrogen-bond donors (Lipinski definition) is 1. The standard InChI is InChI=1S/C17H23N3O2/c1-3-12(4-2)16-19-14-9-6-5-8-13(14)17(20-16)18-11-7-10-15(21)22/h5-6,8-9,12H,3-4,7,10-11H2,1-2H3,(H,21,22)(H,18,19,20)/p-1. The van der Waals surface area contributed by atoms with Crippen molar-refractivity contribution in [3.05, 3.63) is 30.1 Å². The molecule has 0 aliphatic rings. The van der Waals surface area contributed by atoms with Gasteiger partial charge in [0.2, 0.25) is 0 Å². The molecule has 22 heavy (non-hydrogen) atoms. The van der Waals surface area contributed by atoms with Crippen molar-refractivity contribution in [3.63, 3.8) is 0 Å². The zero-order valence-corrected chi connectivity index (χ0v) is 13.1. The van der Waals surface area contributed by atoms with Crippen LogP contribution in [0.1, 0.15) is 51.3 Å². The van der Waals surface area contributed by atoms with Crippen LogP contribution in [0.4, 0.5) is 5.82 Å². The molecule has 0 bridgehead atoms. The Morgan fingerprint density at radius 3 is 2.64 bits per heavy atom. The third-order valence-corrected chi connectivity index (χ3v) is 3.82. The van der Waals surface area contributed by atoms with Crippen molar-refractivity contribution in [1.29, 1.82) is 0 Å². The summed E-state index contributed by atoms with van der Waals surface area (Å²) in [7, 11) is 0. The summed E-state index contributed by atoms with van der Waals surface area (Å²) >= 11 is 0. The number of carboxylic acid groups (broad SMARTS) is 1. The summed E-state index contributed by atoms with van der Waals surface area (Å²) in [6, 6.07) is 7.88. The maximum atomic E-state index is 10.5. The van der Waals surface area contributed by atoms with Crippen molar-refractivity contribution in [1.82, 2.24) is 9.97 Å². The molecule has 0 atom stereocenters. The highest BCUT2D eigenvalue weighted by atomic mass is 16.4. The molecule has 5 nitrogen and oxygen atoms in total. The van der Waals surface area contributed by atoms with E-state index in [0.29, 0.717) is 18.9 Å². The monoisotopic (exact) mass is 300 g/mol. The van der Waals surface area contributed by atoms with E-state index in [1.54, 1.807) is 0 Å². The Labute approximate surface area is 130 Å². The molecule has 1 aromatic heterocycles. The van der Waals surface area contributed by atoms with E-state index < -0.39 is 5.97 Å². The van der Waals surface area contributed by atoms with Crippen LogP contribution in [0.2, 0.25) is 0 Å². The van der Waals surface area contributed by atoms with E-state index in [1.807, 2.05) is 24.3 Å². The average Bonchev–Trinajstić information content (AvgIpc) is 2.52. The number of carbonyl (C=O) groups is 1. The summed E-state index contributed by atoms with van der Waals surface area (Å²) in [5.41, 5.74) is 0.918. The molecule has 0 spiro atoms. The Morgan fingerprint density at radius 2 is 1.95 bits per heavy atom. The number of aromatic nitrogens is 2. The number of fused-ring (bicyclic) bond motifs is 1. The number of nitrogens with zero attached hydrogens (tertiary/aromatic N) is 2. The normalized spacial score (nSPS) is 11.0. The van der Waals surface area contributed by atoms with Gasteiger partial charge in [-0.15, -0.1) is 0 Å². The first kappa shape index (κ1) is 16.2. The molecule has 0 radical (unpaired) electrons. The molecule has 0 amide bonds. The molecule has 0 aliphatic carbocycles. The first-order chi connectivity index (χ1) is 10.7. The summed E-state index contributed by atoms with van der Waals surface area (Å²) in [5.74, 6) is 0.956. The molecule has 1 aromatic carbocycles. The first-order valence-corrected chi connectivity index (χ1v) is 7.86. The lowest BCUT2D eigenvalue weighted by Gasteiger charge is -2.15. The second-order valence-electron chi connectivity index (χ2n) is 5.36. The molecule has 0 aliphatic heterocycles. The van der Waals surface area contributed by atoms with E-state index >= 15 is 0 Å². The van der Waals surface area contributed by atoms with Crippen LogP contribution in [0, 0.1) is 0 Å². The van der Waals surface area contributed by atoms with Gasteiger partial charge in [-0.25, -0.2) is 9.97 Å². The second-order valence-corrected chi connectivity index (χ2v) is 5.36. The van der Waals surface area contributed by atoms with Gasteiger partial charge in [-0.2, -0.15) is 0 Å². The van der Waals surface area contributed by atoms with E-state index in [9.17, 15) is 9.90 Å². The van der Waals surface area contributed by atoms with Crippen LogP contribution in [0.15, 0.2) is 24.3 Å². The highest BCUT2D eigenvalue weighted by Crippen LogP contribution is 2.26. The highest BCUT2D eigenvalue weighted by Gasteiger charge is 2.14. The number of benzene rings is 1. The number of carboxylic acids is 1. The van der Waals surface area contributed by atoms with Crippen molar-refractivity contribution in [3.8, 4) is 0 Å². The number of hydrogen-bond acceptors (Lipinski definition) is 5. The Morgan fingerprint density at radius 1 is 1.23 bits per heavy atom. The predicted octanol–water partition coefficient (Wildman–Crippen LogP) is 2.48. The molecule has 2 aromatic rings. The van der Waals surface area contributed by atoms with Crippen molar-refractivity contribution in [2.45, 2.75) is 45.4 Å². The van der Waals surface area contributed by atoms with Crippen LogP contribution in [-0.2, 0) is 4.79 Å². The van der Waals surface area contributed by atoms with Crippen LogP contribution in [-0.4, -0.2) is 22.5 Å². The number of rotatable bonds is 8. The lowest BCUT2D eigenvalue weighted by molar-refractivity contribution is -0.305. The van der Waals surface area contributed by atoms with E-state index in [2.05, 4.69) is 29.1 Å². The van der Waals surface area contributed by atoms with Gasteiger partial charge in [-0.1, -0.05) is 26.0 Å². The van der Waals surface area contributed by atoms with Crippen LogP contribution >= 0.6 is 0 Å². The molecule has 5 heteroatoms. The highest BCUT2D eigenvalue weighted by molar-refractivity contribution is 5.89. The van der Waals surface area contributed by atoms with Gasteiger partial charge in [0.25, 0.3) is 0 Å². The lowest BCUT2D eigenvalue weighted by Crippen LogP contribution is -2.22. The van der Waals surface area contributed by atoms with Gasteiger partial charge in [0.15, 0.2) is 0 Å². The lowest BCUT2D eigenvalue weighted by atomic mass is 10.0. The minimum atomic E-state index is -1.02. The molecule has 0 fully saturated rings. The molecule has 1 heterocycles. The van der Waals surface area contributed by atoms with Crippen molar-refractivity contribution in [2.24, 2.45) is 0 Å². The van der Waals surface area contributed by atoms with Gasteiger partial charge in [0, 0.05) is 23.8 Å². The Bertz CT molecular complexity index is 639. The minimum Gasteiger partial charge on any atom is -0.550 e. The maximum Gasteiger partial charge on any atom is 0.137 e. The van der Waals surface area contributed by atoms with Gasteiger partial charge < -0.3 is 15.2 Å². The summed E-state index contributed by atoms with van der Waals surface area (Å²) < 4.78 is 0. The second kappa shape index (κ2) is 7.73. The summed E-state index contributed by atoms with van der Waals surface area (Å²) in [6.07, 6.45) is 2.56. The summed E-state index contributed by atoms with van der Waals surface area (Å²) in [5, 5.41) is 14.7. The van der Waals surface area contributed by atoms with Crippen molar-refractivity contribution >= 4 is 22.7 Å². The predicted molar refractivity (Wildman–Crippen MR) is 85.6 cm³/mol. The van der Waals surface area contributed by atoms with E-state index in [1.165, 1.54) is 0 Å². The van der Waals surface area contributed by atoms with Crippen molar-refractivity contribution < 1.29 is 9.90 Å². The summed E-state index contributed by atoms with van der Waals surface area (Å²) in [4.78, 5) is 19.8. The number of nitrogens with one attached hydrogen (secondary N) is 1. The third-order valence-electron chi connectivity index (χ3n) is 3.82. The quantitative estimate of drug-likeness (QED) is 0.758. The van der Waals surface area contributed by atoms with Crippen LogP contribution in [0.25, 0.3) is 10.9 Å². The number of carbonyl (C=O) groups excluding carboxylic acids is 1. The molecule has 0 unspecified atom stereocenters. The Kier molecular flexibility index (Phi) is 5.69. The van der Waals surface area contributed by atoms with E-state index in [-0.39, 0.29) is 6.42 Å². The molecule has 0 saturated carbocycles. The topological polar surface area (TPSA) is 77.9 Å². The molecular weight excluding hydrogens is 278 g/mol. The van der Waals surface area contributed by atoms with E-state index in [4.69, 9.17) is 0 Å². The van der Waals surface area contributed by atoms with Crippen LogP contribution in [0.5, 0.6) is 0 Å². The van der Waals surface area contributed by atoms with Gasteiger partial charge in [-0.05, 0) is 37.8 Å². The van der Waals surface area contributed by atoms with Gasteiger partial charge in [-0.3, -0.25) is 0 Å². The van der Waals surface area contributed by atoms with Crippen LogP contribution in [0.3, 0.4) is 0 Å². The van der Waals surface area contributed by atoms with Crippen molar-refractivity contribution in [2.75, 3.05) is 11.9 Å². The molecule has 2 rings (SSSR count). The fourth-order valence-corrected chi connectivity index (χ4v) is 2.51. The zero-order chi connectivity index (χ0) is 15.9. The van der Waals surface area contributed by atoms with E-state index in [0.717, 1.165) is 35.4 Å². The minimum absolute atomic E-state index is 0.0510. The number of anilines is 1. The number of aliphatic carboxylic acids is 1. The molecule has 118 valence electrons. The zero-order valence-electron chi connectivity index (χ0n) is 13.1. The SMILES string of the molecule is CCC(CC)c1nc(NCCCC(=O)[O-])c2ccccc2n1. The smallest absolute Gasteiger partial charge is 0.137 e. The fourth-order valence-electron chi connectivity index (χ4n) is 2.51. The Balaban J connectivity index is 2.27. The van der Waals surface area contributed by atoms with Gasteiger partial charge in [0.05, 0.1) is 5.52 Å². The van der Waals surface area contributed by atoms with Gasteiger partial charge >= 0.3 is 0 Å². The van der Waals surface area contributed by atoms with Crippen LogP contribution < -0.4 is 10.4 Å². The largest absolute Gasteiger partial charge is 0.550 e. The average molecular weight is 300 g/mol. The maximum absolute atomic E-state index is 10.5. The third kappa shape index (κ3) is 3.93. The molecule has 1 N–H and O–H groups in total. The Hall–Kier alpha value is -2.17. The summed E-state index contributed by atoms with van der Waals surface area (Å²) in [6.45, 7) is 4.83. The van der Waals surface area contributed by atoms with Gasteiger partial charge in [0.1, 0.15) is 11.6 Å². The molecular formula is C17H22N3O2-. The fraction of sp³-hybridized carbons (Fsp3) is 0.471. The molecule has 0 saturated heterocycles. The number of para-hydroxylation sites is 1. The first-order valence-electron chi connectivity index (χ1n) is 7.86.